The van der Waals surface area contributed by atoms with Crippen molar-refractivity contribution >= 4 is 5.69 Å². The minimum absolute atomic E-state index is 0.354. The van der Waals surface area contributed by atoms with Gasteiger partial charge in [0.1, 0.15) is 0 Å². The van der Waals surface area contributed by atoms with Crippen LogP contribution in [-0.2, 0) is 0 Å². The average Bonchev–Trinajstić information content (AvgIpc) is 3.00. The highest BCUT2D eigenvalue weighted by Crippen LogP contribution is 2.24. The number of aromatic nitrogens is 2. The minimum Gasteiger partial charge on any atom is -0.459 e. The predicted molar refractivity (Wildman–Crippen MR) is 61.8 cm³/mol. The molecule has 0 spiro atoms. The van der Waals surface area contributed by atoms with Crippen LogP contribution in [0.1, 0.15) is 0 Å². The molecule has 2 N–H and O–H groups in total. The smallest absolute Gasteiger partial charge is 0.283 e. The molecular formula is C12H9N3O2. The first kappa shape index (κ1) is 9.65. The van der Waals surface area contributed by atoms with Crippen LogP contribution in [0.4, 0.5) is 5.69 Å². The van der Waals surface area contributed by atoms with Gasteiger partial charge >= 0.3 is 0 Å². The predicted octanol–water partition coefficient (Wildman–Crippen LogP) is 2.58. The van der Waals surface area contributed by atoms with Crippen molar-refractivity contribution in [2.45, 2.75) is 0 Å². The molecule has 0 saturated carbocycles. The van der Waals surface area contributed by atoms with Crippen LogP contribution in [0, 0.1) is 0 Å². The van der Waals surface area contributed by atoms with E-state index >= 15 is 0 Å². The Morgan fingerprint density at radius 2 is 1.88 bits per heavy atom. The molecule has 0 aliphatic carbocycles. The summed E-state index contributed by atoms with van der Waals surface area (Å²) >= 11 is 0. The highest BCUT2D eigenvalue weighted by atomic mass is 16.4. The molecule has 0 aliphatic heterocycles. The maximum atomic E-state index is 5.69. The van der Waals surface area contributed by atoms with Crippen molar-refractivity contribution < 1.29 is 8.83 Å². The lowest BCUT2D eigenvalue weighted by Crippen LogP contribution is -1.84. The number of anilines is 1. The van der Waals surface area contributed by atoms with Gasteiger partial charge in [-0.3, -0.25) is 0 Å². The Hall–Kier alpha value is -2.56. The molecule has 3 rings (SSSR count). The van der Waals surface area contributed by atoms with Gasteiger partial charge in [-0.25, -0.2) is 0 Å². The molecule has 0 unspecified atom stereocenters. The Morgan fingerprint density at radius 3 is 2.65 bits per heavy atom. The molecule has 2 heterocycles. The number of benzene rings is 1. The summed E-state index contributed by atoms with van der Waals surface area (Å²) in [5, 5.41) is 7.86. The minimum atomic E-state index is 0.354. The maximum absolute atomic E-state index is 5.69. The van der Waals surface area contributed by atoms with Gasteiger partial charge in [0.05, 0.1) is 6.26 Å². The van der Waals surface area contributed by atoms with Crippen molar-refractivity contribution in [1.29, 1.82) is 0 Å². The Morgan fingerprint density at radius 1 is 1.00 bits per heavy atom. The Bertz CT molecular complexity index is 629. The van der Waals surface area contributed by atoms with E-state index in [-0.39, 0.29) is 0 Å². The van der Waals surface area contributed by atoms with Crippen molar-refractivity contribution in [2.75, 3.05) is 5.73 Å². The largest absolute Gasteiger partial charge is 0.459 e. The molecule has 0 radical (unpaired) electrons. The lowest BCUT2D eigenvalue weighted by molar-refractivity contribution is 0.523. The number of rotatable bonds is 2. The molecule has 5 heteroatoms. The second kappa shape index (κ2) is 3.79. The van der Waals surface area contributed by atoms with Crippen LogP contribution in [0.2, 0.25) is 0 Å². The number of nitrogens with two attached hydrogens (primary N) is 1. The molecule has 0 bridgehead atoms. The van der Waals surface area contributed by atoms with Crippen LogP contribution in [0.5, 0.6) is 0 Å². The molecule has 0 saturated heterocycles. The average molecular weight is 227 g/mol. The van der Waals surface area contributed by atoms with Crippen LogP contribution in [0.25, 0.3) is 23.1 Å². The van der Waals surface area contributed by atoms with Crippen molar-refractivity contribution in [3.8, 4) is 23.1 Å². The van der Waals surface area contributed by atoms with Gasteiger partial charge in [-0.15, -0.1) is 10.2 Å². The molecule has 1 aromatic carbocycles. The summed E-state index contributed by atoms with van der Waals surface area (Å²) < 4.78 is 10.7. The van der Waals surface area contributed by atoms with Gasteiger partial charge in [-0.1, -0.05) is 6.07 Å². The van der Waals surface area contributed by atoms with Gasteiger partial charge < -0.3 is 14.6 Å². The summed E-state index contributed by atoms with van der Waals surface area (Å²) in [7, 11) is 0. The van der Waals surface area contributed by atoms with Crippen LogP contribution >= 0.6 is 0 Å². The highest BCUT2D eigenvalue weighted by molar-refractivity contribution is 5.60. The topological polar surface area (TPSA) is 78.1 Å². The van der Waals surface area contributed by atoms with Crippen LogP contribution < -0.4 is 5.73 Å². The third-order valence-corrected chi connectivity index (χ3v) is 2.29. The monoisotopic (exact) mass is 227 g/mol. The van der Waals surface area contributed by atoms with Gasteiger partial charge in [0, 0.05) is 11.3 Å². The van der Waals surface area contributed by atoms with E-state index in [0.717, 1.165) is 5.56 Å². The number of nitrogens with zero attached hydrogens (tertiary/aromatic N) is 2. The molecule has 0 atom stereocenters. The first-order chi connectivity index (χ1) is 8.33. The fraction of sp³-hybridized carbons (Fsp3) is 0. The quantitative estimate of drug-likeness (QED) is 0.681. The Balaban J connectivity index is 2.01. The van der Waals surface area contributed by atoms with Crippen molar-refractivity contribution in [3.05, 3.63) is 42.7 Å². The zero-order valence-electron chi connectivity index (χ0n) is 8.83. The molecule has 3 aromatic rings. The molecule has 0 amide bonds. The lowest BCUT2D eigenvalue weighted by atomic mass is 10.2. The van der Waals surface area contributed by atoms with E-state index in [1.807, 2.05) is 12.1 Å². The zero-order chi connectivity index (χ0) is 11.7. The van der Waals surface area contributed by atoms with Gasteiger partial charge in [0.15, 0.2) is 5.76 Å². The third-order valence-electron chi connectivity index (χ3n) is 2.29. The molecular weight excluding hydrogens is 218 g/mol. The van der Waals surface area contributed by atoms with E-state index in [0.29, 0.717) is 23.2 Å². The summed E-state index contributed by atoms with van der Waals surface area (Å²) in [6.45, 7) is 0. The van der Waals surface area contributed by atoms with E-state index in [1.54, 1.807) is 30.5 Å². The van der Waals surface area contributed by atoms with E-state index in [9.17, 15) is 0 Å². The van der Waals surface area contributed by atoms with Crippen molar-refractivity contribution in [1.82, 2.24) is 10.2 Å². The molecule has 17 heavy (non-hydrogen) atoms. The van der Waals surface area contributed by atoms with E-state index in [4.69, 9.17) is 14.6 Å². The summed E-state index contributed by atoms with van der Waals surface area (Å²) in [6.07, 6.45) is 1.56. The van der Waals surface area contributed by atoms with Crippen molar-refractivity contribution in [3.63, 3.8) is 0 Å². The van der Waals surface area contributed by atoms with Crippen molar-refractivity contribution in [2.24, 2.45) is 0 Å². The number of hydrogen-bond acceptors (Lipinski definition) is 5. The van der Waals surface area contributed by atoms with Gasteiger partial charge in [0.2, 0.25) is 5.89 Å². The first-order valence-electron chi connectivity index (χ1n) is 5.06. The molecule has 5 nitrogen and oxygen atoms in total. The van der Waals surface area contributed by atoms with E-state index in [2.05, 4.69) is 10.2 Å². The molecule has 84 valence electrons. The van der Waals surface area contributed by atoms with Crippen LogP contribution in [-0.4, -0.2) is 10.2 Å². The second-order valence-corrected chi connectivity index (χ2v) is 3.52. The Kier molecular flexibility index (Phi) is 2.15. The molecule has 2 aromatic heterocycles. The van der Waals surface area contributed by atoms with Gasteiger partial charge in [0.25, 0.3) is 5.89 Å². The van der Waals surface area contributed by atoms with E-state index < -0.39 is 0 Å². The van der Waals surface area contributed by atoms with Gasteiger partial charge in [-0.05, 0) is 30.3 Å². The molecule has 0 aliphatic rings. The van der Waals surface area contributed by atoms with E-state index in [1.165, 1.54) is 0 Å². The Labute approximate surface area is 96.9 Å². The number of nitrogen functional groups attached to an aromatic ring is 1. The van der Waals surface area contributed by atoms with Crippen LogP contribution in [0.15, 0.2) is 51.5 Å². The number of furan rings is 1. The maximum Gasteiger partial charge on any atom is 0.283 e. The van der Waals surface area contributed by atoms with Gasteiger partial charge in [-0.2, -0.15) is 0 Å². The fourth-order valence-electron chi connectivity index (χ4n) is 1.51. The molecule has 0 fully saturated rings. The lowest BCUT2D eigenvalue weighted by Gasteiger charge is -1.95. The highest BCUT2D eigenvalue weighted by Gasteiger charge is 2.12. The second-order valence-electron chi connectivity index (χ2n) is 3.52. The first-order valence-corrected chi connectivity index (χ1v) is 5.06. The standard InChI is InChI=1S/C12H9N3O2/c13-9-4-1-3-8(7-9)11-14-15-12(17-11)10-5-2-6-16-10/h1-7H,13H2. The fourth-order valence-corrected chi connectivity index (χ4v) is 1.51. The SMILES string of the molecule is Nc1cccc(-c2nnc(-c3ccco3)o2)c1. The number of hydrogen-bond donors (Lipinski definition) is 1. The summed E-state index contributed by atoms with van der Waals surface area (Å²) in [5.74, 6) is 1.32. The summed E-state index contributed by atoms with van der Waals surface area (Å²) in [5.41, 5.74) is 7.13. The van der Waals surface area contributed by atoms with Crippen LogP contribution in [0.3, 0.4) is 0 Å². The normalized spacial score (nSPS) is 10.6. The summed E-state index contributed by atoms with van der Waals surface area (Å²) in [4.78, 5) is 0. The third kappa shape index (κ3) is 1.78. The summed E-state index contributed by atoms with van der Waals surface area (Å²) in [6, 6.07) is 10.8. The zero-order valence-corrected chi connectivity index (χ0v) is 8.83.